The molecular weight excluding hydrogens is 380 g/mol. The fourth-order valence-corrected chi connectivity index (χ4v) is 3.81. The summed E-state index contributed by atoms with van der Waals surface area (Å²) in [6.07, 6.45) is 3.74. The molecule has 0 bridgehead atoms. The number of pyridine rings is 1. The summed E-state index contributed by atoms with van der Waals surface area (Å²) in [6, 6.07) is 14.5. The minimum absolute atomic E-state index is 0.00984. The van der Waals surface area contributed by atoms with Crippen molar-refractivity contribution in [2.24, 2.45) is 0 Å². The van der Waals surface area contributed by atoms with E-state index in [2.05, 4.69) is 15.0 Å². The highest BCUT2D eigenvalue weighted by Crippen LogP contribution is 2.26. The number of hydrogen-bond donors (Lipinski definition) is 1. The summed E-state index contributed by atoms with van der Waals surface area (Å²) in [7, 11) is 1.61. The van der Waals surface area contributed by atoms with Gasteiger partial charge in [0.2, 0.25) is 5.91 Å². The lowest BCUT2D eigenvalue weighted by atomic mass is 9.96. The van der Waals surface area contributed by atoms with Crippen molar-refractivity contribution in [1.82, 2.24) is 19.9 Å². The lowest BCUT2D eigenvalue weighted by molar-refractivity contribution is -0.131. The van der Waals surface area contributed by atoms with Crippen LogP contribution in [0.4, 0.5) is 0 Å². The molecule has 3 heterocycles. The maximum absolute atomic E-state index is 12.9. The predicted molar refractivity (Wildman–Crippen MR) is 113 cm³/mol. The number of rotatable bonds is 5. The molecule has 1 unspecified atom stereocenters. The van der Waals surface area contributed by atoms with Crippen LogP contribution in [0.3, 0.4) is 0 Å². The van der Waals surface area contributed by atoms with Crippen LogP contribution < -0.4 is 10.3 Å². The third-order valence-corrected chi connectivity index (χ3v) is 5.34. The van der Waals surface area contributed by atoms with E-state index in [1.165, 1.54) is 6.07 Å². The van der Waals surface area contributed by atoms with Gasteiger partial charge in [-0.15, -0.1) is 0 Å². The molecule has 0 radical (unpaired) electrons. The number of methoxy groups -OCH3 is 1. The lowest BCUT2D eigenvalue weighted by Gasteiger charge is -2.32. The molecule has 154 valence electrons. The molecule has 1 fully saturated rings. The van der Waals surface area contributed by atoms with Crippen LogP contribution >= 0.6 is 0 Å². The van der Waals surface area contributed by atoms with Gasteiger partial charge in [-0.1, -0.05) is 18.2 Å². The summed E-state index contributed by atoms with van der Waals surface area (Å²) in [5.74, 6) is 1.41. The normalized spacial score (nSPS) is 16.3. The van der Waals surface area contributed by atoms with Crippen LogP contribution in [0.15, 0.2) is 59.5 Å². The summed E-state index contributed by atoms with van der Waals surface area (Å²) in [5, 5.41) is 0. The van der Waals surface area contributed by atoms with Crippen molar-refractivity contribution in [3.8, 4) is 17.1 Å². The monoisotopic (exact) mass is 404 g/mol. The van der Waals surface area contributed by atoms with Gasteiger partial charge in [0.1, 0.15) is 11.6 Å². The largest absolute Gasteiger partial charge is 0.497 e. The smallest absolute Gasteiger partial charge is 0.251 e. The number of likely N-dealkylation sites (tertiary alicyclic amines) is 1. The Morgan fingerprint density at radius 3 is 2.90 bits per heavy atom. The summed E-state index contributed by atoms with van der Waals surface area (Å²) < 4.78 is 5.24. The first-order chi connectivity index (χ1) is 14.6. The van der Waals surface area contributed by atoms with E-state index >= 15 is 0 Å². The Hall–Kier alpha value is -3.48. The Morgan fingerprint density at radius 1 is 1.20 bits per heavy atom. The van der Waals surface area contributed by atoms with Gasteiger partial charge in [0, 0.05) is 31.3 Å². The van der Waals surface area contributed by atoms with Crippen LogP contribution in [0.2, 0.25) is 0 Å². The number of aromatic amines is 1. The molecule has 1 saturated heterocycles. The van der Waals surface area contributed by atoms with Crippen molar-refractivity contribution in [2.75, 3.05) is 20.2 Å². The molecule has 2 aromatic heterocycles. The number of nitrogens with zero attached hydrogens (tertiary/aromatic N) is 3. The first kappa shape index (κ1) is 19.8. The predicted octanol–water partition coefficient (Wildman–Crippen LogP) is 2.79. The highest BCUT2D eigenvalue weighted by Gasteiger charge is 2.26. The molecule has 1 amide bonds. The molecule has 1 aliphatic heterocycles. The van der Waals surface area contributed by atoms with Gasteiger partial charge in [-0.25, -0.2) is 4.98 Å². The van der Waals surface area contributed by atoms with E-state index < -0.39 is 0 Å². The van der Waals surface area contributed by atoms with Crippen LogP contribution in [0, 0.1) is 0 Å². The summed E-state index contributed by atoms with van der Waals surface area (Å²) in [6.45, 7) is 1.25. The van der Waals surface area contributed by atoms with E-state index in [-0.39, 0.29) is 17.4 Å². The van der Waals surface area contributed by atoms with Gasteiger partial charge in [-0.2, -0.15) is 0 Å². The molecule has 30 heavy (non-hydrogen) atoms. The first-order valence-corrected chi connectivity index (χ1v) is 10.1. The Kier molecular flexibility index (Phi) is 5.88. The molecule has 0 saturated carbocycles. The van der Waals surface area contributed by atoms with E-state index in [1.807, 2.05) is 47.4 Å². The quantitative estimate of drug-likeness (QED) is 0.706. The van der Waals surface area contributed by atoms with Crippen molar-refractivity contribution in [2.45, 2.75) is 25.2 Å². The second-order valence-corrected chi connectivity index (χ2v) is 7.44. The minimum Gasteiger partial charge on any atom is -0.497 e. The maximum Gasteiger partial charge on any atom is 0.251 e. The molecular formula is C23H24N4O3. The number of carbonyl (C=O) groups is 1. The van der Waals surface area contributed by atoms with E-state index in [1.54, 1.807) is 13.3 Å². The highest BCUT2D eigenvalue weighted by molar-refractivity contribution is 5.79. The van der Waals surface area contributed by atoms with E-state index in [0.29, 0.717) is 36.7 Å². The molecule has 1 aliphatic rings. The number of H-pyrrole nitrogens is 1. The van der Waals surface area contributed by atoms with Gasteiger partial charge in [-0.3, -0.25) is 14.6 Å². The zero-order valence-electron chi connectivity index (χ0n) is 16.9. The second-order valence-electron chi connectivity index (χ2n) is 7.44. The van der Waals surface area contributed by atoms with Gasteiger partial charge in [-0.05, 0) is 42.7 Å². The molecule has 4 rings (SSSR count). The molecule has 7 heteroatoms. The fraction of sp³-hybridized carbons (Fsp3) is 0.304. The van der Waals surface area contributed by atoms with Crippen molar-refractivity contribution in [3.63, 3.8) is 0 Å². The Labute approximate surface area is 174 Å². The Morgan fingerprint density at radius 2 is 2.10 bits per heavy atom. The number of piperidine rings is 1. The van der Waals surface area contributed by atoms with Crippen LogP contribution in [-0.4, -0.2) is 46.0 Å². The van der Waals surface area contributed by atoms with Crippen LogP contribution in [0.5, 0.6) is 5.75 Å². The lowest BCUT2D eigenvalue weighted by Crippen LogP contribution is -2.40. The number of nitrogens with one attached hydrogen (secondary N) is 1. The zero-order chi connectivity index (χ0) is 20.9. The zero-order valence-corrected chi connectivity index (χ0v) is 16.9. The highest BCUT2D eigenvalue weighted by atomic mass is 16.5. The molecule has 1 N–H and O–H groups in total. The third-order valence-electron chi connectivity index (χ3n) is 5.34. The van der Waals surface area contributed by atoms with Crippen LogP contribution in [0.1, 0.15) is 30.1 Å². The SMILES string of the molecule is COc1cccc(CC(=O)N2CCCC(c3nc(-c4ccccn4)cc(=O)[nH]3)C2)c1. The Balaban J connectivity index is 1.50. The number of ether oxygens (including phenoxy) is 1. The van der Waals surface area contributed by atoms with Gasteiger partial charge >= 0.3 is 0 Å². The fourth-order valence-electron chi connectivity index (χ4n) is 3.81. The summed E-state index contributed by atoms with van der Waals surface area (Å²) in [5.41, 5.74) is 1.92. The molecule has 0 spiro atoms. The molecule has 3 aromatic rings. The number of benzene rings is 1. The van der Waals surface area contributed by atoms with Gasteiger partial charge in [0.15, 0.2) is 0 Å². The molecule has 7 nitrogen and oxygen atoms in total. The summed E-state index contributed by atoms with van der Waals surface area (Å²) in [4.78, 5) is 38.8. The molecule has 0 aliphatic carbocycles. The van der Waals surface area contributed by atoms with Crippen LogP contribution in [0.25, 0.3) is 11.4 Å². The van der Waals surface area contributed by atoms with Gasteiger partial charge in [0.05, 0.1) is 24.9 Å². The second kappa shape index (κ2) is 8.90. The third kappa shape index (κ3) is 4.56. The Bertz CT molecular complexity index is 1080. The number of hydrogen-bond acceptors (Lipinski definition) is 5. The van der Waals surface area contributed by atoms with Crippen LogP contribution in [-0.2, 0) is 11.2 Å². The number of carbonyl (C=O) groups excluding carboxylic acids is 1. The van der Waals surface area contributed by atoms with Gasteiger partial charge < -0.3 is 14.6 Å². The molecule has 1 atom stereocenters. The maximum atomic E-state index is 12.9. The van der Waals surface area contributed by atoms with Crippen molar-refractivity contribution in [3.05, 3.63) is 76.5 Å². The van der Waals surface area contributed by atoms with Crippen molar-refractivity contribution >= 4 is 5.91 Å². The van der Waals surface area contributed by atoms with E-state index in [0.717, 1.165) is 24.2 Å². The first-order valence-electron chi connectivity index (χ1n) is 10.1. The number of amides is 1. The average Bonchev–Trinajstić information content (AvgIpc) is 2.79. The summed E-state index contributed by atoms with van der Waals surface area (Å²) >= 11 is 0. The van der Waals surface area contributed by atoms with E-state index in [9.17, 15) is 9.59 Å². The number of aromatic nitrogens is 3. The molecule has 1 aromatic carbocycles. The van der Waals surface area contributed by atoms with Crippen molar-refractivity contribution in [1.29, 1.82) is 0 Å². The van der Waals surface area contributed by atoms with Crippen molar-refractivity contribution < 1.29 is 9.53 Å². The van der Waals surface area contributed by atoms with E-state index in [4.69, 9.17) is 4.74 Å². The standard InChI is InChI=1S/C23H24N4O3/c1-30-18-8-4-6-16(12-18)13-22(29)27-11-5-7-17(15-27)23-25-20(14-21(28)26-23)19-9-2-3-10-24-19/h2-4,6,8-10,12,14,17H,5,7,11,13,15H2,1H3,(H,25,26,28). The minimum atomic E-state index is -0.208. The topological polar surface area (TPSA) is 88.2 Å². The average molecular weight is 404 g/mol. The van der Waals surface area contributed by atoms with Gasteiger partial charge in [0.25, 0.3) is 5.56 Å².